The Morgan fingerprint density at radius 1 is 1.29 bits per heavy atom. The van der Waals surface area contributed by atoms with Gasteiger partial charge in [-0.2, -0.15) is 0 Å². The topological polar surface area (TPSA) is 63.4 Å². The van der Waals surface area contributed by atoms with Gasteiger partial charge in [0.15, 0.2) is 0 Å². The molecular weight excluding hydrogens is 266 g/mol. The SMILES string of the molecule is CC(C)c1nnc2ncc3c(n12)CN(C(=O)C1CCC1)C3. The standard InChI is InChI=1S/C15H19N5O/c1-9(2)13-17-18-15-16-6-11-7-19(8-12(11)20(13)15)14(21)10-4-3-5-10/h6,9-10H,3-5,7-8H2,1-2H3. The maximum Gasteiger partial charge on any atom is 0.255 e. The maximum atomic E-state index is 12.5. The molecule has 0 N–H and O–H groups in total. The molecule has 0 bridgehead atoms. The van der Waals surface area contributed by atoms with Gasteiger partial charge in [-0.3, -0.25) is 9.20 Å². The van der Waals surface area contributed by atoms with Crippen molar-refractivity contribution < 1.29 is 4.79 Å². The summed E-state index contributed by atoms with van der Waals surface area (Å²) in [4.78, 5) is 18.8. The van der Waals surface area contributed by atoms with Crippen LogP contribution in [0, 0.1) is 5.92 Å². The third kappa shape index (κ3) is 1.85. The first kappa shape index (κ1) is 12.7. The molecule has 3 heterocycles. The molecule has 0 spiro atoms. The average molecular weight is 285 g/mol. The van der Waals surface area contributed by atoms with Crippen molar-refractivity contribution in [2.75, 3.05) is 0 Å². The van der Waals surface area contributed by atoms with E-state index in [1.807, 2.05) is 15.5 Å². The third-order valence-electron chi connectivity index (χ3n) is 4.63. The van der Waals surface area contributed by atoms with Gasteiger partial charge >= 0.3 is 0 Å². The normalized spacial score (nSPS) is 18.3. The number of hydrogen-bond acceptors (Lipinski definition) is 4. The highest BCUT2D eigenvalue weighted by Gasteiger charge is 2.34. The lowest BCUT2D eigenvalue weighted by atomic mass is 9.84. The van der Waals surface area contributed by atoms with E-state index in [9.17, 15) is 4.79 Å². The van der Waals surface area contributed by atoms with Crippen LogP contribution >= 0.6 is 0 Å². The molecule has 0 unspecified atom stereocenters. The van der Waals surface area contributed by atoms with Crippen LogP contribution in [0.4, 0.5) is 0 Å². The van der Waals surface area contributed by atoms with Crippen LogP contribution in [0.2, 0.25) is 0 Å². The van der Waals surface area contributed by atoms with E-state index in [-0.39, 0.29) is 11.8 Å². The Balaban J connectivity index is 1.73. The summed E-state index contributed by atoms with van der Waals surface area (Å²) in [7, 11) is 0. The Bertz CT molecular complexity index is 716. The quantitative estimate of drug-likeness (QED) is 0.845. The van der Waals surface area contributed by atoms with Gasteiger partial charge in [0.05, 0.1) is 12.2 Å². The Hall–Kier alpha value is -1.98. The first-order valence-corrected chi connectivity index (χ1v) is 7.65. The maximum absolute atomic E-state index is 12.5. The monoisotopic (exact) mass is 285 g/mol. The Kier molecular flexibility index (Phi) is 2.74. The van der Waals surface area contributed by atoms with E-state index >= 15 is 0 Å². The molecule has 21 heavy (non-hydrogen) atoms. The van der Waals surface area contributed by atoms with Crippen LogP contribution in [0.1, 0.15) is 56.1 Å². The van der Waals surface area contributed by atoms with Crippen LogP contribution in [-0.2, 0) is 17.9 Å². The fourth-order valence-electron chi connectivity index (χ4n) is 3.17. The number of hydrogen-bond donors (Lipinski definition) is 0. The van der Waals surface area contributed by atoms with Crippen molar-refractivity contribution in [1.82, 2.24) is 24.5 Å². The number of rotatable bonds is 2. The summed E-state index contributed by atoms with van der Waals surface area (Å²) in [6.45, 7) is 5.52. The highest BCUT2D eigenvalue weighted by Crippen LogP contribution is 2.32. The van der Waals surface area contributed by atoms with Crippen molar-refractivity contribution in [3.05, 3.63) is 23.3 Å². The average Bonchev–Trinajstić information content (AvgIpc) is 2.99. The highest BCUT2D eigenvalue weighted by molar-refractivity contribution is 5.80. The summed E-state index contributed by atoms with van der Waals surface area (Å²) in [6.07, 6.45) is 5.12. The van der Waals surface area contributed by atoms with E-state index in [1.54, 1.807) is 0 Å². The fourth-order valence-corrected chi connectivity index (χ4v) is 3.17. The number of amides is 1. The molecule has 6 heteroatoms. The van der Waals surface area contributed by atoms with Crippen LogP contribution in [0.15, 0.2) is 6.20 Å². The van der Waals surface area contributed by atoms with Crippen molar-refractivity contribution in [2.24, 2.45) is 5.92 Å². The number of nitrogens with zero attached hydrogens (tertiary/aromatic N) is 5. The minimum atomic E-state index is 0.244. The van der Waals surface area contributed by atoms with Crippen molar-refractivity contribution in [3.8, 4) is 0 Å². The van der Waals surface area contributed by atoms with E-state index in [4.69, 9.17) is 0 Å². The Morgan fingerprint density at radius 3 is 2.76 bits per heavy atom. The van der Waals surface area contributed by atoms with E-state index in [0.29, 0.717) is 24.8 Å². The Labute approximate surface area is 123 Å². The van der Waals surface area contributed by atoms with Crippen molar-refractivity contribution >= 4 is 11.7 Å². The van der Waals surface area contributed by atoms with Crippen molar-refractivity contribution in [3.63, 3.8) is 0 Å². The zero-order valence-corrected chi connectivity index (χ0v) is 12.4. The molecular formula is C15H19N5O. The lowest BCUT2D eigenvalue weighted by Crippen LogP contribution is -2.35. The molecule has 0 aromatic carbocycles. The first-order valence-electron chi connectivity index (χ1n) is 7.65. The lowest BCUT2D eigenvalue weighted by molar-refractivity contribution is -0.138. The van der Waals surface area contributed by atoms with Gasteiger partial charge in [-0.15, -0.1) is 10.2 Å². The van der Waals surface area contributed by atoms with Gasteiger partial charge in [0, 0.05) is 30.1 Å². The second-order valence-electron chi connectivity index (χ2n) is 6.40. The zero-order chi connectivity index (χ0) is 14.6. The minimum absolute atomic E-state index is 0.244. The molecule has 2 aromatic heterocycles. The van der Waals surface area contributed by atoms with E-state index in [1.165, 1.54) is 6.42 Å². The van der Waals surface area contributed by atoms with Crippen molar-refractivity contribution in [1.29, 1.82) is 0 Å². The molecule has 1 aliphatic carbocycles. The summed E-state index contributed by atoms with van der Waals surface area (Å²) in [5.74, 6) is 2.38. The van der Waals surface area contributed by atoms with Gasteiger partial charge in [-0.05, 0) is 12.8 Å². The summed E-state index contributed by atoms with van der Waals surface area (Å²) in [5, 5.41) is 8.40. The van der Waals surface area contributed by atoms with Crippen LogP contribution in [0.5, 0.6) is 0 Å². The number of fused-ring (bicyclic) bond motifs is 3. The van der Waals surface area contributed by atoms with Crippen LogP contribution in [0.25, 0.3) is 5.78 Å². The van der Waals surface area contributed by atoms with Gasteiger partial charge in [0.2, 0.25) is 5.91 Å². The predicted molar refractivity (Wildman–Crippen MR) is 76.5 cm³/mol. The predicted octanol–water partition coefficient (Wildman–Crippen LogP) is 1.89. The van der Waals surface area contributed by atoms with E-state index in [0.717, 1.165) is 29.9 Å². The fraction of sp³-hybridized carbons (Fsp3) is 0.600. The minimum Gasteiger partial charge on any atom is -0.332 e. The number of carbonyl (C=O) groups is 1. The lowest BCUT2D eigenvalue weighted by Gasteiger charge is -2.28. The molecule has 110 valence electrons. The molecule has 2 aliphatic rings. The van der Waals surface area contributed by atoms with Gasteiger partial charge in [-0.1, -0.05) is 20.3 Å². The first-order chi connectivity index (χ1) is 10.1. The Morgan fingerprint density at radius 2 is 2.10 bits per heavy atom. The molecule has 6 nitrogen and oxygen atoms in total. The van der Waals surface area contributed by atoms with Gasteiger partial charge < -0.3 is 4.90 Å². The smallest absolute Gasteiger partial charge is 0.255 e. The molecule has 2 aromatic rings. The van der Waals surface area contributed by atoms with Crippen LogP contribution < -0.4 is 0 Å². The molecule has 1 aliphatic heterocycles. The molecule has 1 amide bonds. The summed E-state index contributed by atoms with van der Waals surface area (Å²) in [6, 6.07) is 0. The van der Waals surface area contributed by atoms with Gasteiger partial charge in [0.1, 0.15) is 5.82 Å². The van der Waals surface area contributed by atoms with E-state index in [2.05, 4.69) is 29.0 Å². The molecule has 0 atom stereocenters. The van der Waals surface area contributed by atoms with E-state index < -0.39 is 0 Å². The van der Waals surface area contributed by atoms with Gasteiger partial charge in [0.25, 0.3) is 5.78 Å². The number of carbonyl (C=O) groups excluding carboxylic acids is 1. The second-order valence-corrected chi connectivity index (χ2v) is 6.40. The molecule has 1 saturated carbocycles. The second kappa shape index (κ2) is 4.51. The molecule has 0 saturated heterocycles. The molecule has 1 fully saturated rings. The van der Waals surface area contributed by atoms with Crippen molar-refractivity contribution in [2.45, 2.75) is 52.1 Å². The largest absolute Gasteiger partial charge is 0.332 e. The zero-order valence-electron chi connectivity index (χ0n) is 12.4. The summed E-state index contributed by atoms with van der Waals surface area (Å²) in [5.41, 5.74) is 2.25. The summed E-state index contributed by atoms with van der Waals surface area (Å²) >= 11 is 0. The van der Waals surface area contributed by atoms with Crippen LogP contribution in [0.3, 0.4) is 0 Å². The highest BCUT2D eigenvalue weighted by atomic mass is 16.2. The van der Waals surface area contributed by atoms with Gasteiger partial charge in [-0.25, -0.2) is 4.98 Å². The number of aromatic nitrogens is 4. The molecule has 4 rings (SSSR count). The molecule has 0 radical (unpaired) electrons. The third-order valence-corrected chi connectivity index (χ3v) is 4.63. The summed E-state index contributed by atoms with van der Waals surface area (Å²) < 4.78 is 2.04. The van der Waals surface area contributed by atoms with Crippen LogP contribution in [-0.4, -0.2) is 30.4 Å².